The summed E-state index contributed by atoms with van der Waals surface area (Å²) in [7, 11) is 0. The number of aromatic nitrogens is 1. The Morgan fingerprint density at radius 1 is 1.12 bits per heavy atom. The summed E-state index contributed by atoms with van der Waals surface area (Å²) in [5, 5.41) is 3.28. The van der Waals surface area contributed by atoms with Crippen LogP contribution < -0.4 is 5.32 Å². The van der Waals surface area contributed by atoms with Gasteiger partial charge in [0, 0.05) is 39.7 Å². The van der Waals surface area contributed by atoms with E-state index in [1.807, 2.05) is 25.1 Å². The Hall–Kier alpha value is -2.63. The summed E-state index contributed by atoms with van der Waals surface area (Å²) in [5.74, 6) is -0.228. The Bertz CT molecular complexity index is 930. The zero-order valence-corrected chi connectivity index (χ0v) is 15.6. The molecule has 0 radical (unpaired) electrons. The maximum atomic E-state index is 12.5. The lowest BCUT2D eigenvalue weighted by Crippen LogP contribution is -2.12. The van der Waals surface area contributed by atoms with Crippen LogP contribution in [0.1, 0.15) is 28.1 Å². The molecule has 1 atom stereocenters. The van der Waals surface area contributed by atoms with Gasteiger partial charge in [0.15, 0.2) is 0 Å². The van der Waals surface area contributed by atoms with Crippen LogP contribution in [0.25, 0.3) is 11.3 Å². The third-order valence-electron chi connectivity index (χ3n) is 3.95. The number of hydrogen-bond acceptors (Lipinski definition) is 3. The predicted octanol–water partition coefficient (Wildman–Crippen LogP) is 5.14. The molecule has 0 aliphatic carbocycles. The lowest BCUT2D eigenvalue weighted by Gasteiger charge is -2.09. The summed E-state index contributed by atoms with van der Waals surface area (Å²) in [6.07, 6.45) is 1.69. The second kappa shape index (κ2) is 8.17. The first kappa shape index (κ1) is 18.2. The molecule has 1 aromatic heterocycles. The number of carbonyl (C=O) groups is 1. The summed E-state index contributed by atoms with van der Waals surface area (Å²) in [5.41, 5.74) is 3.54. The SMILES string of the molecule is CC([S+]=O)c1ccc(C(=O)Nc2ccc(Cl)c(-c3ccccn3)c2)cc1. The van der Waals surface area contributed by atoms with E-state index in [1.54, 1.807) is 48.7 Å². The molecule has 6 heteroatoms. The largest absolute Gasteiger partial charge is 0.466 e. The number of anilines is 1. The van der Waals surface area contributed by atoms with Crippen LogP contribution >= 0.6 is 11.6 Å². The molecule has 1 amide bonds. The number of halogens is 1. The molecule has 0 fully saturated rings. The van der Waals surface area contributed by atoms with E-state index < -0.39 is 0 Å². The Balaban J connectivity index is 1.80. The van der Waals surface area contributed by atoms with Crippen LogP contribution in [0, 0.1) is 0 Å². The molecule has 1 N–H and O–H groups in total. The van der Waals surface area contributed by atoms with Gasteiger partial charge in [-0.05, 0) is 42.5 Å². The standard InChI is InChI=1S/C20H15ClN2O2S/c1-13(26-25)14-5-7-15(8-6-14)20(24)23-16-9-10-18(21)17(12-16)19-4-2-3-11-22-19/h2-13H,1H3/p+1. The molecule has 0 spiro atoms. The zero-order valence-electron chi connectivity index (χ0n) is 14.0. The summed E-state index contributed by atoms with van der Waals surface area (Å²) in [6, 6.07) is 17.9. The van der Waals surface area contributed by atoms with Gasteiger partial charge in [-0.1, -0.05) is 29.8 Å². The summed E-state index contributed by atoms with van der Waals surface area (Å²) < 4.78 is 10.9. The van der Waals surface area contributed by atoms with Gasteiger partial charge < -0.3 is 5.32 Å². The minimum Gasteiger partial charge on any atom is -0.322 e. The maximum Gasteiger partial charge on any atom is 0.466 e. The zero-order chi connectivity index (χ0) is 18.5. The van der Waals surface area contributed by atoms with Crippen molar-refractivity contribution in [1.29, 1.82) is 0 Å². The maximum absolute atomic E-state index is 12.5. The molecule has 1 unspecified atom stereocenters. The molecule has 0 aliphatic rings. The van der Waals surface area contributed by atoms with Crippen LogP contribution in [-0.2, 0) is 15.9 Å². The van der Waals surface area contributed by atoms with Crippen molar-refractivity contribution < 1.29 is 9.00 Å². The summed E-state index contributed by atoms with van der Waals surface area (Å²) in [4.78, 5) is 16.8. The van der Waals surface area contributed by atoms with Crippen LogP contribution in [0.3, 0.4) is 0 Å². The fourth-order valence-electron chi connectivity index (χ4n) is 2.49. The van der Waals surface area contributed by atoms with Gasteiger partial charge in [0.05, 0.1) is 10.7 Å². The average molecular weight is 384 g/mol. The van der Waals surface area contributed by atoms with Crippen molar-refractivity contribution in [1.82, 2.24) is 4.98 Å². The fraction of sp³-hybridized carbons (Fsp3) is 0.100. The smallest absolute Gasteiger partial charge is 0.322 e. The van der Waals surface area contributed by atoms with Gasteiger partial charge in [0.1, 0.15) is 0 Å². The number of amides is 1. The molecule has 4 nitrogen and oxygen atoms in total. The Kier molecular flexibility index (Phi) is 5.71. The van der Waals surface area contributed by atoms with Crippen LogP contribution in [0.2, 0.25) is 5.02 Å². The molecule has 3 aromatic rings. The molecule has 1 heterocycles. The van der Waals surface area contributed by atoms with Gasteiger partial charge in [-0.15, -0.1) is 0 Å². The van der Waals surface area contributed by atoms with Crippen molar-refractivity contribution in [3.05, 3.63) is 83.0 Å². The number of carbonyl (C=O) groups excluding carboxylic acids is 1. The molecule has 0 saturated carbocycles. The molecule has 26 heavy (non-hydrogen) atoms. The molecule has 3 rings (SSSR count). The second-order valence-corrected chi connectivity index (χ2v) is 7.03. The first-order valence-corrected chi connectivity index (χ1v) is 9.17. The van der Waals surface area contributed by atoms with E-state index in [-0.39, 0.29) is 11.2 Å². The quantitative estimate of drug-likeness (QED) is 0.620. The van der Waals surface area contributed by atoms with E-state index in [2.05, 4.69) is 10.3 Å². The molecule has 2 aromatic carbocycles. The normalized spacial score (nSPS) is 11.6. The number of nitrogens with one attached hydrogen (secondary N) is 1. The predicted molar refractivity (Wildman–Crippen MR) is 106 cm³/mol. The Morgan fingerprint density at radius 2 is 1.88 bits per heavy atom. The number of rotatable bonds is 5. The Morgan fingerprint density at radius 3 is 2.54 bits per heavy atom. The van der Waals surface area contributed by atoms with Crippen LogP contribution in [0.5, 0.6) is 0 Å². The molecular weight excluding hydrogens is 368 g/mol. The van der Waals surface area contributed by atoms with E-state index >= 15 is 0 Å². The van der Waals surface area contributed by atoms with Crippen molar-refractivity contribution in [2.75, 3.05) is 5.32 Å². The van der Waals surface area contributed by atoms with E-state index in [9.17, 15) is 9.00 Å². The Labute approximate surface area is 160 Å². The van der Waals surface area contributed by atoms with Gasteiger partial charge in [-0.25, -0.2) is 0 Å². The minimum absolute atomic E-state index is 0.149. The summed E-state index contributed by atoms with van der Waals surface area (Å²) >= 11 is 6.79. The third kappa shape index (κ3) is 4.12. The average Bonchev–Trinajstić information content (AvgIpc) is 2.69. The van der Waals surface area contributed by atoms with Gasteiger partial charge in [-0.3, -0.25) is 9.78 Å². The second-order valence-electron chi connectivity index (χ2n) is 5.72. The van der Waals surface area contributed by atoms with E-state index in [0.29, 0.717) is 27.9 Å². The highest BCUT2D eigenvalue weighted by atomic mass is 35.5. The summed E-state index contributed by atoms with van der Waals surface area (Å²) in [6.45, 7) is 1.83. The lowest BCUT2D eigenvalue weighted by atomic mass is 10.1. The highest BCUT2D eigenvalue weighted by Crippen LogP contribution is 2.29. The molecule has 0 bridgehead atoms. The lowest BCUT2D eigenvalue weighted by molar-refractivity contribution is 0.102. The van der Waals surface area contributed by atoms with Crippen LogP contribution in [-0.4, -0.2) is 10.9 Å². The van der Waals surface area contributed by atoms with Crippen molar-refractivity contribution in [2.45, 2.75) is 12.2 Å². The number of hydrogen-bond donors (Lipinski definition) is 1. The minimum atomic E-state index is -0.228. The first-order chi connectivity index (χ1) is 12.6. The van der Waals surface area contributed by atoms with E-state index in [0.717, 1.165) is 16.8 Å². The van der Waals surface area contributed by atoms with Gasteiger partial charge in [-0.2, -0.15) is 0 Å². The molecule has 0 saturated heterocycles. The van der Waals surface area contributed by atoms with E-state index in [1.165, 1.54) is 0 Å². The van der Waals surface area contributed by atoms with Gasteiger partial charge >= 0.3 is 11.7 Å². The van der Waals surface area contributed by atoms with Crippen LogP contribution in [0.4, 0.5) is 5.69 Å². The highest BCUT2D eigenvalue weighted by molar-refractivity contribution is 7.65. The molecule has 130 valence electrons. The van der Waals surface area contributed by atoms with Crippen molar-refractivity contribution in [2.24, 2.45) is 0 Å². The van der Waals surface area contributed by atoms with Crippen molar-refractivity contribution in [3.63, 3.8) is 0 Å². The van der Waals surface area contributed by atoms with Gasteiger partial charge in [0.2, 0.25) is 0 Å². The topological polar surface area (TPSA) is 59.1 Å². The number of pyridine rings is 1. The number of benzene rings is 2. The first-order valence-electron chi connectivity index (χ1n) is 7.99. The fourth-order valence-corrected chi connectivity index (χ4v) is 2.97. The third-order valence-corrected chi connectivity index (χ3v) is 4.84. The molecule has 0 aliphatic heterocycles. The number of nitrogens with zero attached hydrogens (tertiary/aromatic N) is 1. The monoisotopic (exact) mass is 383 g/mol. The van der Waals surface area contributed by atoms with Gasteiger partial charge in [0.25, 0.3) is 11.2 Å². The van der Waals surface area contributed by atoms with E-state index in [4.69, 9.17) is 11.6 Å². The van der Waals surface area contributed by atoms with Crippen molar-refractivity contribution in [3.8, 4) is 11.3 Å². The molecular formula is C20H16ClN2O2S+. The van der Waals surface area contributed by atoms with Crippen LogP contribution in [0.15, 0.2) is 66.9 Å². The highest BCUT2D eigenvalue weighted by Gasteiger charge is 2.17. The van der Waals surface area contributed by atoms with Crippen molar-refractivity contribution >= 4 is 34.9 Å².